The number of carbonyl (C=O) groups is 2. The molecule has 1 amide bonds. The summed E-state index contributed by atoms with van der Waals surface area (Å²) < 4.78 is 4.90. The zero-order valence-corrected chi connectivity index (χ0v) is 10.3. The van der Waals surface area contributed by atoms with Gasteiger partial charge in [-0.05, 0) is 13.0 Å². The Morgan fingerprint density at radius 1 is 1.33 bits per heavy atom. The molecule has 18 heavy (non-hydrogen) atoms. The highest BCUT2D eigenvalue weighted by molar-refractivity contribution is 5.90. The van der Waals surface area contributed by atoms with Crippen molar-refractivity contribution in [2.45, 2.75) is 13.2 Å². The number of aliphatic hydroxyl groups is 1. The molecule has 1 atom stereocenters. The second-order valence-corrected chi connectivity index (χ2v) is 2.86. The standard InChI is InChI=1S/C6H9NO4.C6H10O/c1-2-3-4(8)7-5(9)6(10)11;1-3-5-7-6-4-2/h2-3,5,9H,1H3,(H,7,8)(H,10,11);3-4H,1-2,5-6H2. The van der Waals surface area contributed by atoms with Gasteiger partial charge in [-0.1, -0.05) is 18.2 Å². The Labute approximate surface area is 106 Å². The molecule has 6 nitrogen and oxygen atoms in total. The van der Waals surface area contributed by atoms with Crippen LogP contribution in [0, 0.1) is 0 Å². The summed E-state index contributed by atoms with van der Waals surface area (Å²) in [6.45, 7) is 9.78. The largest absolute Gasteiger partial charge is 0.478 e. The van der Waals surface area contributed by atoms with Gasteiger partial charge in [-0.25, -0.2) is 4.79 Å². The Morgan fingerprint density at radius 2 is 1.83 bits per heavy atom. The van der Waals surface area contributed by atoms with E-state index in [1.165, 1.54) is 6.08 Å². The fourth-order valence-electron chi connectivity index (χ4n) is 0.631. The number of carboxylic acids is 1. The molecule has 0 aliphatic heterocycles. The number of hydrogen-bond donors (Lipinski definition) is 3. The molecule has 0 spiro atoms. The van der Waals surface area contributed by atoms with Crippen molar-refractivity contribution in [3.8, 4) is 0 Å². The number of aliphatic hydroxyl groups excluding tert-OH is 1. The van der Waals surface area contributed by atoms with Crippen LogP contribution in [0.15, 0.2) is 37.5 Å². The van der Waals surface area contributed by atoms with Crippen LogP contribution in [0.3, 0.4) is 0 Å². The fraction of sp³-hybridized carbons (Fsp3) is 0.333. The van der Waals surface area contributed by atoms with E-state index in [0.717, 1.165) is 6.08 Å². The minimum absolute atomic E-state index is 0.617. The lowest BCUT2D eigenvalue weighted by Gasteiger charge is -2.04. The molecular formula is C12H19NO5. The van der Waals surface area contributed by atoms with Gasteiger partial charge >= 0.3 is 5.97 Å². The molecule has 0 rings (SSSR count). The van der Waals surface area contributed by atoms with Gasteiger partial charge < -0.3 is 20.3 Å². The maximum absolute atomic E-state index is 10.5. The summed E-state index contributed by atoms with van der Waals surface area (Å²) in [4.78, 5) is 20.5. The van der Waals surface area contributed by atoms with Crippen LogP contribution in [-0.2, 0) is 14.3 Å². The quantitative estimate of drug-likeness (QED) is 0.266. The van der Waals surface area contributed by atoms with Crippen molar-refractivity contribution in [1.82, 2.24) is 5.32 Å². The Morgan fingerprint density at radius 3 is 2.17 bits per heavy atom. The van der Waals surface area contributed by atoms with Crippen LogP contribution in [0.2, 0.25) is 0 Å². The summed E-state index contributed by atoms with van der Waals surface area (Å²) in [6, 6.07) is 0. The van der Waals surface area contributed by atoms with Gasteiger partial charge in [0.15, 0.2) is 0 Å². The first-order valence-corrected chi connectivity index (χ1v) is 5.13. The van der Waals surface area contributed by atoms with E-state index in [2.05, 4.69) is 13.2 Å². The van der Waals surface area contributed by atoms with Crippen molar-refractivity contribution in [1.29, 1.82) is 0 Å². The monoisotopic (exact) mass is 257 g/mol. The summed E-state index contributed by atoms with van der Waals surface area (Å²) in [5.41, 5.74) is 0. The summed E-state index contributed by atoms with van der Waals surface area (Å²) in [5, 5.41) is 18.5. The van der Waals surface area contributed by atoms with Crippen molar-refractivity contribution in [3.05, 3.63) is 37.5 Å². The number of carbonyl (C=O) groups excluding carboxylic acids is 1. The van der Waals surface area contributed by atoms with Crippen LogP contribution in [0.1, 0.15) is 6.92 Å². The molecule has 0 radical (unpaired) electrons. The Balaban J connectivity index is 0. The van der Waals surface area contributed by atoms with E-state index in [1.807, 2.05) is 5.32 Å². The van der Waals surface area contributed by atoms with Crippen LogP contribution in [-0.4, -0.2) is 41.5 Å². The maximum Gasteiger partial charge on any atom is 0.353 e. The van der Waals surface area contributed by atoms with Crippen LogP contribution < -0.4 is 5.32 Å². The van der Waals surface area contributed by atoms with E-state index in [9.17, 15) is 9.59 Å². The first-order valence-electron chi connectivity index (χ1n) is 5.13. The third kappa shape index (κ3) is 14.1. The number of amides is 1. The predicted molar refractivity (Wildman–Crippen MR) is 67.8 cm³/mol. The van der Waals surface area contributed by atoms with Gasteiger partial charge in [-0.3, -0.25) is 4.79 Å². The molecular weight excluding hydrogens is 238 g/mol. The van der Waals surface area contributed by atoms with E-state index in [0.29, 0.717) is 13.2 Å². The highest BCUT2D eigenvalue weighted by Gasteiger charge is 2.13. The molecule has 0 bridgehead atoms. The molecule has 0 aromatic carbocycles. The van der Waals surface area contributed by atoms with Crippen molar-refractivity contribution in [2.75, 3.05) is 13.2 Å². The minimum Gasteiger partial charge on any atom is -0.478 e. The number of nitrogens with one attached hydrogen (secondary N) is 1. The molecule has 6 heteroatoms. The average molecular weight is 257 g/mol. The Kier molecular flexibility index (Phi) is 13.5. The first-order chi connectivity index (χ1) is 8.49. The lowest BCUT2D eigenvalue weighted by Crippen LogP contribution is -2.39. The van der Waals surface area contributed by atoms with E-state index in [-0.39, 0.29) is 0 Å². The summed E-state index contributed by atoms with van der Waals surface area (Å²) in [6.07, 6.45) is 4.14. The van der Waals surface area contributed by atoms with Crippen LogP contribution in [0.5, 0.6) is 0 Å². The normalized spacial score (nSPS) is 11.0. The molecule has 1 unspecified atom stereocenters. The van der Waals surface area contributed by atoms with Gasteiger partial charge in [-0.2, -0.15) is 0 Å². The topological polar surface area (TPSA) is 95.9 Å². The van der Waals surface area contributed by atoms with E-state index in [4.69, 9.17) is 14.9 Å². The van der Waals surface area contributed by atoms with E-state index >= 15 is 0 Å². The predicted octanol–water partition coefficient (Wildman–Crippen LogP) is 0.457. The zero-order valence-electron chi connectivity index (χ0n) is 10.3. The molecule has 0 aliphatic rings. The van der Waals surface area contributed by atoms with E-state index in [1.54, 1.807) is 19.1 Å². The lowest BCUT2D eigenvalue weighted by molar-refractivity contribution is -0.150. The molecule has 102 valence electrons. The Hall–Kier alpha value is -1.92. The highest BCUT2D eigenvalue weighted by Crippen LogP contribution is 1.78. The molecule has 3 N–H and O–H groups in total. The second kappa shape index (κ2) is 13.1. The molecule has 0 saturated carbocycles. The third-order valence-electron chi connectivity index (χ3n) is 1.30. The molecule has 0 saturated heterocycles. The van der Waals surface area contributed by atoms with Crippen molar-refractivity contribution < 1.29 is 24.5 Å². The number of aliphatic carboxylic acids is 1. The SMILES string of the molecule is C=CCOCC=C.CC=CC(=O)NC(O)C(=O)O. The van der Waals surface area contributed by atoms with Crippen molar-refractivity contribution in [2.24, 2.45) is 0 Å². The summed E-state index contributed by atoms with van der Waals surface area (Å²) >= 11 is 0. The molecule has 0 aromatic rings. The fourth-order valence-corrected chi connectivity index (χ4v) is 0.631. The van der Waals surface area contributed by atoms with Crippen LogP contribution in [0.4, 0.5) is 0 Å². The molecule has 0 aliphatic carbocycles. The van der Waals surface area contributed by atoms with Gasteiger partial charge in [0.25, 0.3) is 0 Å². The second-order valence-electron chi connectivity index (χ2n) is 2.86. The van der Waals surface area contributed by atoms with Gasteiger partial charge in [0, 0.05) is 0 Å². The first kappa shape index (κ1) is 18.4. The minimum atomic E-state index is -1.83. The van der Waals surface area contributed by atoms with E-state index < -0.39 is 18.1 Å². The van der Waals surface area contributed by atoms with Gasteiger partial charge in [0.2, 0.25) is 12.1 Å². The lowest BCUT2D eigenvalue weighted by atomic mass is 10.4. The maximum atomic E-state index is 10.5. The molecule has 0 fully saturated rings. The van der Waals surface area contributed by atoms with Crippen LogP contribution >= 0.6 is 0 Å². The number of rotatable bonds is 7. The third-order valence-corrected chi connectivity index (χ3v) is 1.30. The average Bonchev–Trinajstić information content (AvgIpc) is 2.30. The number of carboxylic acid groups (broad SMARTS) is 1. The number of allylic oxidation sites excluding steroid dienone is 1. The number of hydrogen-bond acceptors (Lipinski definition) is 4. The van der Waals surface area contributed by atoms with Crippen LogP contribution in [0.25, 0.3) is 0 Å². The summed E-state index contributed by atoms with van der Waals surface area (Å²) in [7, 11) is 0. The van der Waals surface area contributed by atoms with Crippen molar-refractivity contribution >= 4 is 11.9 Å². The van der Waals surface area contributed by atoms with Gasteiger partial charge in [-0.15, -0.1) is 13.2 Å². The summed E-state index contributed by atoms with van der Waals surface area (Å²) in [5.74, 6) is -2.12. The Bertz CT molecular complexity index is 291. The molecule has 0 aromatic heterocycles. The number of ether oxygens (including phenoxy) is 1. The highest BCUT2D eigenvalue weighted by atomic mass is 16.5. The smallest absolute Gasteiger partial charge is 0.353 e. The molecule has 0 heterocycles. The zero-order chi connectivity index (χ0) is 14.4. The van der Waals surface area contributed by atoms with Crippen molar-refractivity contribution in [3.63, 3.8) is 0 Å². The van der Waals surface area contributed by atoms with Gasteiger partial charge in [0.05, 0.1) is 13.2 Å². The van der Waals surface area contributed by atoms with Gasteiger partial charge in [0.1, 0.15) is 0 Å².